The number of hydrogen-bond donors (Lipinski definition) is 0. The minimum Gasteiger partial charge on any atom is -0.261 e. The Kier molecular flexibility index (Phi) is 8.13. The molecule has 2 aromatic carbocycles. The lowest BCUT2D eigenvalue weighted by Crippen LogP contribution is -1.93. The SMILES string of the molecule is C=C(C)C1CC1.CC.CCc1cc(C)c(-c2ccc3cc(C)ncc3c2)cc1F. The lowest BCUT2D eigenvalue weighted by molar-refractivity contribution is 0.612. The van der Waals surface area contributed by atoms with Gasteiger partial charge in [0.25, 0.3) is 0 Å². The zero-order valence-electron chi connectivity index (χ0n) is 18.8. The summed E-state index contributed by atoms with van der Waals surface area (Å²) in [6.45, 7) is 15.9. The van der Waals surface area contributed by atoms with Gasteiger partial charge in [0.15, 0.2) is 0 Å². The highest BCUT2D eigenvalue weighted by Crippen LogP contribution is 2.34. The van der Waals surface area contributed by atoms with Gasteiger partial charge in [-0.1, -0.05) is 51.1 Å². The standard InChI is InChI=1S/C19H18FN.C6H10.C2H6/c1-4-14-7-12(2)18(10-19(14)20)16-6-5-15-8-13(3)21-11-17(15)9-16;1-5(2)6-3-4-6;1-2/h5-11H,4H2,1-3H3;6H,1,3-4H2,2H3;1-2H3. The molecule has 0 unspecified atom stereocenters. The van der Waals surface area contributed by atoms with E-state index >= 15 is 0 Å². The molecule has 0 aliphatic heterocycles. The summed E-state index contributed by atoms with van der Waals surface area (Å²) in [6.07, 6.45) is 5.39. The van der Waals surface area contributed by atoms with E-state index in [-0.39, 0.29) is 5.82 Å². The third kappa shape index (κ3) is 6.00. The molecule has 0 N–H and O–H groups in total. The average Bonchev–Trinajstić information content (AvgIpc) is 3.56. The second-order valence-corrected chi connectivity index (χ2v) is 7.62. The molecule has 1 fully saturated rings. The number of hydrogen-bond acceptors (Lipinski definition) is 1. The van der Waals surface area contributed by atoms with E-state index in [9.17, 15) is 4.39 Å². The number of fused-ring (bicyclic) bond motifs is 1. The maximum absolute atomic E-state index is 14.1. The van der Waals surface area contributed by atoms with Crippen LogP contribution in [0.15, 0.2) is 54.7 Å². The Morgan fingerprint density at radius 2 is 1.76 bits per heavy atom. The summed E-state index contributed by atoms with van der Waals surface area (Å²) in [4.78, 5) is 4.34. The maximum atomic E-state index is 14.1. The molecule has 1 saturated carbocycles. The van der Waals surface area contributed by atoms with Crippen LogP contribution in [0.2, 0.25) is 0 Å². The summed E-state index contributed by atoms with van der Waals surface area (Å²) >= 11 is 0. The van der Waals surface area contributed by atoms with Gasteiger partial charge in [0, 0.05) is 17.3 Å². The smallest absolute Gasteiger partial charge is 0.127 e. The first-order valence-electron chi connectivity index (χ1n) is 10.7. The van der Waals surface area contributed by atoms with Crippen LogP contribution in [-0.4, -0.2) is 4.98 Å². The molecule has 154 valence electrons. The number of rotatable bonds is 3. The zero-order valence-corrected chi connectivity index (χ0v) is 18.8. The van der Waals surface area contributed by atoms with Crippen LogP contribution in [0.3, 0.4) is 0 Å². The van der Waals surface area contributed by atoms with Crippen LogP contribution in [0.4, 0.5) is 4.39 Å². The predicted octanol–water partition coefficient (Wildman–Crippen LogP) is 8.22. The molecule has 0 amide bonds. The topological polar surface area (TPSA) is 12.9 Å². The molecule has 0 radical (unpaired) electrons. The Balaban J connectivity index is 0.000000317. The third-order valence-electron chi connectivity index (χ3n) is 5.22. The summed E-state index contributed by atoms with van der Waals surface area (Å²) < 4.78 is 14.1. The van der Waals surface area contributed by atoms with Crippen LogP contribution in [0.1, 0.15) is 57.4 Å². The number of benzene rings is 2. The highest BCUT2D eigenvalue weighted by molar-refractivity contribution is 5.87. The minimum atomic E-state index is -0.125. The minimum absolute atomic E-state index is 0.125. The summed E-state index contributed by atoms with van der Waals surface area (Å²) in [6, 6.07) is 11.9. The molecule has 0 spiro atoms. The lowest BCUT2D eigenvalue weighted by atomic mass is 9.95. The van der Waals surface area contributed by atoms with E-state index in [0.717, 1.165) is 44.6 Å². The van der Waals surface area contributed by atoms with Gasteiger partial charge in [0.05, 0.1) is 0 Å². The number of pyridine rings is 1. The highest BCUT2D eigenvalue weighted by Gasteiger charge is 2.20. The Bertz CT molecular complexity index is 983. The fourth-order valence-corrected chi connectivity index (χ4v) is 3.32. The molecule has 4 rings (SSSR count). The maximum Gasteiger partial charge on any atom is 0.127 e. The summed E-state index contributed by atoms with van der Waals surface area (Å²) in [7, 11) is 0. The molecule has 0 saturated heterocycles. The molecule has 3 aromatic rings. The Morgan fingerprint density at radius 1 is 1.07 bits per heavy atom. The van der Waals surface area contributed by atoms with Gasteiger partial charge in [-0.05, 0) is 91.8 Å². The molecule has 1 aromatic heterocycles. The van der Waals surface area contributed by atoms with Crippen LogP contribution >= 0.6 is 0 Å². The predicted molar refractivity (Wildman–Crippen MR) is 125 cm³/mol. The summed E-state index contributed by atoms with van der Waals surface area (Å²) in [5, 5.41) is 2.24. The van der Waals surface area contributed by atoms with Gasteiger partial charge in [-0.15, -0.1) is 0 Å². The van der Waals surface area contributed by atoms with Crippen LogP contribution in [0.25, 0.3) is 21.9 Å². The first-order chi connectivity index (χ1) is 13.9. The second-order valence-electron chi connectivity index (χ2n) is 7.62. The lowest BCUT2D eigenvalue weighted by Gasteiger charge is -2.10. The first-order valence-corrected chi connectivity index (χ1v) is 10.7. The van der Waals surface area contributed by atoms with Crippen LogP contribution in [0, 0.1) is 25.6 Å². The first kappa shape index (κ1) is 22.8. The Hall–Kier alpha value is -2.48. The van der Waals surface area contributed by atoms with Gasteiger partial charge < -0.3 is 0 Å². The molecule has 1 aliphatic carbocycles. The molecule has 0 bridgehead atoms. The summed E-state index contributed by atoms with van der Waals surface area (Å²) in [5.74, 6) is 0.783. The van der Waals surface area contributed by atoms with Crippen molar-refractivity contribution in [1.29, 1.82) is 0 Å². The van der Waals surface area contributed by atoms with Crippen molar-refractivity contribution >= 4 is 10.8 Å². The van der Waals surface area contributed by atoms with Gasteiger partial charge >= 0.3 is 0 Å². The molecule has 1 aliphatic rings. The zero-order chi connectivity index (χ0) is 21.6. The van der Waals surface area contributed by atoms with E-state index in [1.54, 1.807) is 6.07 Å². The molecular formula is C27H34FN. The number of nitrogens with zero attached hydrogens (tertiary/aromatic N) is 1. The molecule has 0 atom stereocenters. The van der Waals surface area contributed by atoms with E-state index in [4.69, 9.17) is 0 Å². The van der Waals surface area contributed by atoms with Gasteiger partial charge in [-0.3, -0.25) is 4.98 Å². The highest BCUT2D eigenvalue weighted by atomic mass is 19.1. The molecule has 29 heavy (non-hydrogen) atoms. The van der Waals surface area contributed by atoms with Crippen molar-refractivity contribution in [3.05, 3.63) is 77.4 Å². The van der Waals surface area contributed by atoms with Gasteiger partial charge in [-0.2, -0.15) is 0 Å². The van der Waals surface area contributed by atoms with E-state index < -0.39 is 0 Å². The fourth-order valence-electron chi connectivity index (χ4n) is 3.32. The van der Waals surface area contributed by atoms with Crippen molar-refractivity contribution in [3.8, 4) is 11.1 Å². The van der Waals surface area contributed by atoms with Gasteiger partial charge in [-0.25, -0.2) is 4.39 Å². The van der Waals surface area contributed by atoms with Gasteiger partial charge in [0.1, 0.15) is 5.82 Å². The average molecular weight is 392 g/mol. The fraction of sp³-hybridized carbons (Fsp3) is 0.370. The Morgan fingerprint density at radius 3 is 2.31 bits per heavy atom. The van der Waals surface area contributed by atoms with E-state index in [1.807, 2.05) is 46.9 Å². The molecule has 1 nitrogen and oxygen atoms in total. The number of aryl methyl sites for hydroxylation is 3. The summed E-state index contributed by atoms with van der Waals surface area (Å²) in [5.41, 5.74) is 6.24. The second kappa shape index (κ2) is 10.3. The van der Waals surface area contributed by atoms with Crippen molar-refractivity contribution in [2.75, 3.05) is 0 Å². The quantitative estimate of drug-likeness (QED) is 0.410. The van der Waals surface area contributed by atoms with Gasteiger partial charge in [0.2, 0.25) is 0 Å². The largest absolute Gasteiger partial charge is 0.261 e. The number of allylic oxidation sites excluding steroid dienone is 1. The van der Waals surface area contributed by atoms with Crippen LogP contribution < -0.4 is 0 Å². The van der Waals surface area contributed by atoms with E-state index in [1.165, 1.54) is 18.4 Å². The molecular weight excluding hydrogens is 357 g/mol. The van der Waals surface area contributed by atoms with Crippen LogP contribution in [0.5, 0.6) is 0 Å². The number of aromatic nitrogens is 1. The van der Waals surface area contributed by atoms with E-state index in [2.05, 4.69) is 42.8 Å². The molecule has 1 heterocycles. The van der Waals surface area contributed by atoms with Crippen molar-refractivity contribution in [1.82, 2.24) is 4.98 Å². The van der Waals surface area contributed by atoms with Crippen molar-refractivity contribution < 1.29 is 4.39 Å². The number of halogens is 1. The van der Waals surface area contributed by atoms with E-state index in [0.29, 0.717) is 6.42 Å². The molecule has 2 heteroatoms. The van der Waals surface area contributed by atoms with Crippen molar-refractivity contribution in [2.45, 2.75) is 60.8 Å². The van der Waals surface area contributed by atoms with Crippen molar-refractivity contribution in [3.63, 3.8) is 0 Å². The van der Waals surface area contributed by atoms with Crippen LogP contribution in [-0.2, 0) is 6.42 Å². The normalized spacial score (nSPS) is 12.5. The monoisotopic (exact) mass is 391 g/mol. The Labute approximate surface area is 175 Å². The third-order valence-corrected chi connectivity index (χ3v) is 5.22. The van der Waals surface area contributed by atoms with Crippen molar-refractivity contribution in [2.24, 2.45) is 5.92 Å².